The van der Waals surface area contributed by atoms with Crippen molar-refractivity contribution >= 4 is 28.4 Å². The SMILES string of the molecule is Cc1cc(Nc2cc3nc(CO)ccc3c(NC3CC4CCC(C3)N4)n2)n[nH]1. The highest BCUT2D eigenvalue weighted by Gasteiger charge is 2.33. The Kier molecular flexibility index (Phi) is 4.37. The number of piperidine rings is 1. The number of rotatable bonds is 5. The van der Waals surface area contributed by atoms with Crippen molar-refractivity contribution in [2.45, 2.75) is 57.3 Å². The number of aromatic nitrogens is 4. The van der Waals surface area contributed by atoms with Gasteiger partial charge in [0.05, 0.1) is 17.8 Å². The van der Waals surface area contributed by atoms with E-state index < -0.39 is 0 Å². The first-order valence-electron chi connectivity index (χ1n) is 9.89. The van der Waals surface area contributed by atoms with Gasteiger partial charge < -0.3 is 21.1 Å². The molecular weight excluding hydrogens is 354 g/mol. The number of nitrogens with zero attached hydrogens (tertiary/aromatic N) is 3. The molecule has 0 radical (unpaired) electrons. The molecule has 0 aliphatic carbocycles. The van der Waals surface area contributed by atoms with Crippen molar-refractivity contribution in [2.24, 2.45) is 0 Å². The van der Waals surface area contributed by atoms with Crippen molar-refractivity contribution in [1.82, 2.24) is 25.5 Å². The molecule has 0 aromatic carbocycles. The average Bonchev–Trinajstić information content (AvgIpc) is 3.25. The van der Waals surface area contributed by atoms with Crippen LogP contribution in [0.3, 0.4) is 0 Å². The minimum Gasteiger partial charge on any atom is -0.390 e. The fourth-order valence-electron chi connectivity index (χ4n) is 4.41. The van der Waals surface area contributed by atoms with Crippen molar-refractivity contribution < 1.29 is 5.11 Å². The van der Waals surface area contributed by atoms with E-state index >= 15 is 0 Å². The molecule has 2 unspecified atom stereocenters. The van der Waals surface area contributed by atoms with Gasteiger partial charge in [-0.25, -0.2) is 4.98 Å². The quantitative estimate of drug-likeness (QED) is 0.463. The predicted molar refractivity (Wildman–Crippen MR) is 109 cm³/mol. The first kappa shape index (κ1) is 17.4. The van der Waals surface area contributed by atoms with Gasteiger partial charge >= 0.3 is 0 Å². The number of aliphatic hydroxyl groups excluding tert-OH is 1. The summed E-state index contributed by atoms with van der Waals surface area (Å²) < 4.78 is 0. The number of nitrogens with one attached hydrogen (secondary N) is 4. The molecule has 2 aliphatic rings. The van der Waals surface area contributed by atoms with Crippen molar-refractivity contribution in [3.8, 4) is 0 Å². The van der Waals surface area contributed by atoms with E-state index in [1.807, 2.05) is 31.2 Å². The number of aliphatic hydroxyl groups is 1. The number of fused-ring (bicyclic) bond motifs is 3. The molecule has 8 heteroatoms. The molecular formula is C20H25N7O. The summed E-state index contributed by atoms with van der Waals surface area (Å²) in [5.74, 6) is 2.23. The first-order chi connectivity index (χ1) is 13.7. The maximum atomic E-state index is 9.47. The summed E-state index contributed by atoms with van der Waals surface area (Å²) in [4.78, 5) is 9.41. The lowest BCUT2D eigenvalue weighted by molar-refractivity contribution is 0.277. The molecule has 5 N–H and O–H groups in total. The van der Waals surface area contributed by atoms with Gasteiger partial charge in [-0.15, -0.1) is 0 Å². The highest BCUT2D eigenvalue weighted by Crippen LogP contribution is 2.31. The second kappa shape index (κ2) is 7.03. The van der Waals surface area contributed by atoms with Gasteiger partial charge in [0, 0.05) is 41.3 Å². The normalized spacial score (nSPS) is 23.9. The molecule has 28 heavy (non-hydrogen) atoms. The maximum Gasteiger partial charge on any atom is 0.153 e. The fourth-order valence-corrected chi connectivity index (χ4v) is 4.41. The van der Waals surface area contributed by atoms with Crippen molar-refractivity contribution in [1.29, 1.82) is 0 Å². The summed E-state index contributed by atoms with van der Waals surface area (Å²) in [6, 6.07) is 9.28. The van der Waals surface area contributed by atoms with E-state index in [1.165, 1.54) is 12.8 Å². The summed E-state index contributed by atoms with van der Waals surface area (Å²) in [6.07, 6.45) is 4.74. The number of anilines is 3. The zero-order chi connectivity index (χ0) is 19.1. The summed E-state index contributed by atoms with van der Waals surface area (Å²) in [5, 5.41) is 28.2. The second-order valence-corrected chi connectivity index (χ2v) is 7.90. The van der Waals surface area contributed by atoms with Crippen LogP contribution in [0.25, 0.3) is 10.9 Å². The first-order valence-corrected chi connectivity index (χ1v) is 9.89. The number of aryl methyl sites for hydroxylation is 1. The summed E-state index contributed by atoms with van der Waals surface area (Å²) in [5.41, 5.74) is 2.43. The predicted octanol–water partition coefficient (Wildman–Crippen LogP) is 2.59. The summed E-state index contributed by atoms with van der Waals surface area (Å²) >= 11 is 0. The van der Waals surface area contributed by atoms with E-state index in [4.69, 9.17) is 4.98 Å². The Morgan fingerprint density at radius 1 is 1.11 bits per heavy atom. The maximum absolute atomic E-state index is 9.47. The Morgan fingerprint density at radius 2 is 1.93 bits per heavy atom. The third-order valence-corrected chi connectivity index (χ3v) is 5.68. The van der Waals surface area contributed by atoms with Crippen LogP contribution >= 0.6 is 0 Å². The van der Waals surface area contributed by atoms with Crippen LogP contribution in [0.1, 0.15) is 37.1 Å². The summed E-state index contributed by atoms with van der Waals surface area (Å²) in [7, 11) is 0. The minimum atomic E-state index is -0.0833. The van der Waals surface area contributed by atoms with Crippen molar-refractivity contribution in [3.05, 3.63) is 35.7 Å². The van der Waals surface area contributed by atoms with Crippen molar-refractivity contribution in [2.75, 3.05) is 10.6 Å². The number of pyridine rings is 2. The van der Waals surface area contributed by atoms with Gasteiger partial charge in [0.1, 0.15) is 11.6 Å². The largest absolute Gasteiger partial charge is 0.390 e. The lowest BCUT2D eigenvalue weighted by atomic mass is 9.99. The van der Waals surface area contributed by atoms with Crippen LogP contribution in [0.15, 0.2) is 24.3 Å². The average molecular weight is 379 g/mol. The molecule has 3 aromatic rings. The van der Waals surface area contributed by atoms with Crippen LogP contribution in [0, 0.1) is 6.92 Å². The Labute approximate surface area is 163 Å². The van der Waals surface area contributed by atoms with Gasteiger partial charge in [0.15, 0.2) is 5.82 Å². The van der Waals surface area contributed by atoms with E-state index in [2.05, 4.69) is 31.1 Å². The van der Waals surface area contributed by atoms with E-state index in [0.29, 0.717) is 35.5 Å². The molecule has 0 spiro atoms. The Balaban J connectivity index is 1.49. The molecule has 146 valence electrons. The molecule has 5 rings (SSSR count). The van der Waals surface area contributed by atoms with Crippen molar-refractivity contribution in [3.63, 3.8) is 0 Å². The molecule has 2 bridgehead atoms. The Hall–Kier alpha value is -2.71. The van der Waals surface area contributed by atoms with Crippen LogP contribution in [0.2, 0.25) is 0 Å². The van der Waals surface area contributed by atoms with E-state index in [0.717, 1.165) is 35.3 Å². The third kappa shape index (κ3) is 3.41. The van der Waals surface area contributed by atoms with E-state index in [1.54, 1.807) is 0 Å². The topological polar surface area (TPSA) is 111 Å². The molecule has 0 saturated carbocycles. The zero-order valence-corrected chi connectivity index (χ0v) is 15.9. The van der Waals surface area contributed by atoms with Crippen LogP contribution in [0.4, 0.5) is 17.5 Å². The molecule has 2 saturated heterocycles. The highest BCUT2D eigenvalue weighted by molar-refractivity contribution is 5.91. The van der Waals surface area contributed by atoms with E-state index in [9.17, 15) is 5.11 Å². The zero-order valence-electron chi connectivity index (χ0n) is 15.9. The fraction of sp³-hybridized carbons (Fsp3) is 0.450. The lowest BCUT2D eigenvalue weighted by Gasteiger charge is -2.30. The van der Waals surface area contributed by atoms with Gasteiger partial charge in [-0.1, -0.05) is 0 Å². The van der Waals surface area contributed by atoms with Crippen LogP contribution in [-0.4, -0.2) is 43.4 Å². The molecule has 3 aromatic heterocycles. The Bertz CT molecular complexity index is 989. The number of hydrogen-bond donors (Lipinski definition) is 5. The van der Waals surface area contributed by atoms with Gasteiger partial charge in [0.25, 0.3) is 0 Å². The molecule has 8 nitrogen and oxygen atoms in total. The smallest absolute Gasteiger partial charge is 0.153 e. The standard InChI is InChI=1S/C20H25N7O/c1-11-6-19(27-26-11)24-18-9-17-16(5-4-14(10-28)22-17)20(25-18)23-15-7-12-2-3-13(8-15)21-12/h4-6,9,12-13,15,21,28H,2-3,7-8,10H2,1H3,(H3,23,24,25,26,27). The summed E-state index contributed by atoms with van der Waals surface area (Å²) in [6.45, 7) is 1.87. The molecule has 2 aliphatic heterocycles. The highest BCUT2D eigenvalue weighted by atomic mass is 16.3. The Morgan fingerprint density at radius 3 is 2.64 bits per heavy atom. The van der Waals surface area contributed by atoms with Gasteiger partial charge in [-0.2, -0.15) is 5.10 Å². The molecule has 0 amide bonds. The monoisotopic (exact) mass is 379 g/mol. The molecule has 2 atom stereocenters. The third-order valence-electron chi connectivity index (χ3n) is 5.68. The van der Waals surface area contributed by atoms with Gasteiger partial charge in [-0.05, 0) is 44.7 Å². The number of H-pyrrole nitrogens is 1. The second-order valence-electron chi connectivity index (χ2n) is 7.90. The van der Waals surface area contributed by atoms with Gasteiger partial charge in [-0.3, -0.25) is 10.1 Å². The number of hydrogen-bond acceptors (Lipinski definition) is 7. The van der Waals surface area contributed by atoms with Gasteiger partial charge in [0.2, 0.25) is 0 Å². The van der Waals surface area contributed by atoms with Crippen LogP contribution in [-0.2, 0) is 6.61 Å². The van der Waals surface area contributed by atoms with Crippen LogP contribution < -0.4 is 16.0 Å². The molecule has 5 heterocycles. The van der Waals surface area contributed by atoms with Crippen LogP contribution in [0.5, 0.6) is 0 Å². The lowest BCUT2D eigenvalue weighted by Crippen LogP contribution is -2.43. The molecule has 2 fully saturated rings. The number of aromatic amines is 1. The van der Waals surface area contributed by atoms with E-state index in [-0.39, 0.29) is 6.61 Å². The minimum absolute atomic E-state index is 0.0833.